The first-order valence-corrected chi connectivity index (χ1v) is 11.0. The highest BCUT2D eigenvalue weighted by Gasteiger charge is 2.37. The maximum atomic E-state index is 13.1. The van der Waals surface area contributed by atoms with E-state index >= 15 is 0 Å². The van der Waals surface area contributed by atoms with Crippen molar-refractivity contribution in [3.05, 3.63) is 96.1 Å². The highest BCUT2D eigenvalue weighted by Crippen LogP contribution is 2.30. The Balaban J connectivity index is 1.25. The molecule has 3 aliphatic rings. The molecule has 5 heteroatoms. The van der Waals surface area contributed by atoms with E-state index in [4.69, 9.17) is 9.47 Å². The Morgan fingerprint density at radius 1 is 0.806 bits per heavy atom. The van der Waals surface area contributed by atoms with Gasteiger partial charge in [-0.25, -0.2) is 0 Å². The summed E-state index contributed by atoms with van der Waals surface area (Å²) in [5, 5.41) is 0. The molecule has 5 rings (SSSR count). The Kier molecular flexibility index (Phi) is 5.98. The van der Waals surface area contributed by atoms with Crippen molar-refractivity contribution in [1.82, 2.24) is 9.80 Å². The second kappa shape index (κ2) is 9.18. The molecule has 0 saturated carbocycles. The van der Waals surface area contributed by atoms with E-state index in [1.54, 1.807) is 0 Å². The second-order valence-corrected chi connectivity index (χ2v) is 8.24. The van der Waals surface area contributed by atoms with Crippen molar-refractivity contribution < 1.29 is 14.3 Å². The molecule has 3 atom stereocenters. The molecule has 2 saturated heterocycles. The van der Waals surface area contributed by atoms with E-state index in [0.717, 1.165) is 13.1 Å². The number of carbonyl (C=O) groups is 1. The standard InChI is InChI=1S/C26H28N2O3/c29-26(24-19-30-22-13-7-8-14-23(22)31-24)28-17-15-27(16-18-28)25(20-9-3-1-4-10-20)21-11-5-2-6-12-21/h1-14,22-25H,15-19H2. The van der Waals surface area contributed by atoms with E-state index in [1.165, 1.54) is 11.1 Å². The topological polar surface area (TPSA) is 42.0 Å². The van der Waals surface area contributed by atoms with Crippen LogP contribution in [0.4, 0.5) is 0 Å². The number of amides is 1. The molecule has 2 aromatic carbocycles. The Bertz CT molecular complexity index is 896. The fourth-order valence-electron chi connectivity index (χ4n) is 4.69. The van der Waals surface area contributed by atoms with Gasteiger partial charge in [-0.3, -0.25) is 9.69 Å². The predicted molar refractivity (Wildman–Crippen MR) is 120 cm³/mol. The molecule has 2 aliphatic heterocycles. The lowest BCUT2D eigenvalue weighted by molar-refractivity contribution is -0.177. The molecular weight excluding hydrogens is 388 g/mol. The van der Waals surface area contributed by atoms with Gasteiger partial charge in [0.2, 0.25) is 0 Å². The molecule has 3 unspecified atom stereocenters. The second-order valence-electron chi connectivity index (χ2n) is 8.24. The summed E-state index contributed by atoms with van der Waals surface area (Å²) in [4.78, 5) is 17.5. The number of hydrogen-bond donors (Lipinski definition) is 0. The van der Waals surface area contributed by atoms with Crippen LogP contribution in [0.1, 0.15) is 17.2 Å². The minimum Gasteiger partial charge on any atom is -0.368 e. The third kappa shape index (κ3) is 4.35. The highest BCUT2D eigenvalue weighted by atomic mass is 16.6. The molecule has 0 N–H and O–H groups in total. The lowest BCUT2D eigenvalue weighted by Crippen LogP contribution is -2.55. The number of piperazine rings is 1. The van der Waals surface area contributed by atoms with Crippen LogP contribution < -0.4 is 0 Å². The van der Waals surface area contributed by atoms with E-state index in [0.29, 0.717) is 19.7 Å². The maximum absolute atomic E-state index is 13.1. The summed E-state index contributed by atoms with van der Waals surface area (Å²) in [6, 6.07) is 21.4. The number of allylic oxidation sites excluding steroid dienone is 2. The zero-order chi connectivity index (χ0) is 21.0. The summed E-state index contributed by atoms with van der Waals surface area (Å²) in [6.45, 7) is 3.34. The zero-order valence-electron chi connectivity index (χ0n) is 17.5. The van der Waals surface area contributed by atoms with E-state index in [1.807, 2.05) is 29.2 Å². The number of benzene rings is 2. The van der Waals surface area contributed by atoms with Gasteiger partial charge in [0, 0.05) is 26.2 Å². The highest BCUT2D eigenvalue weighted by molar-refractivity contribution is 5.81. The first kappa shape index (κ1) is 20.2. The summed E-state index contributed by atoms with van der Waals surface area (Å²) >= 11 is 0. The van der Waals surface area contributed by atoms with Gasteiger partial charge in [0.25, 0.3) is 5.91 Å². The minimum absolute atomic E-state index is 0.0389. The van der Waals surface area contributed by atoms with E-state index in [2.05, 4.69) is 65.6 Å². The molecule has 160 valence electrons. The van der Waals surface area contributed by atoms with Crippen LogP contribution in [-0.2, 0) is 14.3 Å². The van der Waals surface area contributed by atoms with Gasteiger partial charge in [-0.1, -0.05) is 85.0 Å². The third-order valence-corrected chi connectivity index (χ3v) is 6.30. The number of rotatable bonds is 4. The molecule has 0 bridgehead atoms. The Hall–Kier alpha value is -2.73. The zero-order valence-corrected chi connectivity index (χ0v) is 17.5. The number of nitrogens with zero attached hydrogens (tertiary/aromatic N) is 2. The molecular formula is C26H28N2O3. The van der Waals surface area contributed by atoms with Crippen molar-refractivity contribution >= 4 is 5.91 Å². The summed E-state index contributed by atoms with van der Waals surface area (Å²) < 4.78 is 11.9. The Morgan fingerprint density at radius 2 is 1.39 bits per heavy atom. The molecule has 1 aliphatic carbocycles. The van der Waals surface area contributed by atoms with E-state index < -0.39 is 6.10 Å². The van der Waals surface area contributed by atoms with E-state index in [-0.39, 0.29) is 24.2 Å². The van der Waals surface area contributed by atoms with Crippen LogP contribution in [0.2, 0.25) is 0 Å². The van der Waals surface area contributed by atoms with Crippen molar-refractivity contribution in [2.24, 2.45) is 0 Å². The Labute approximate surface area is 183 Å². The van der Waals surface area contributed by atoms with Gasteiger partial charge in [-0.2, -0.15) is 0 Å². The lowest BCUT2D eigenvalue weighted by Gasteiger charge is -2.42. The first-order valence-electron chi connectivity index (χ1n) is 11.0. The predicted octanol–water partition coefficient (Wildman–Crippen LogP) is 3.20. The van der Waals surface area contributed by atoms with Gasteiger partial charge in [0.05, 0.1) is 12.6 Å². The average molecular weight is 417 g/mol. The molecule has 0 aromatic heterocycles. The quantitative estimate of drug-likeness (QED) is 0.768. The van der Waals surface area contributed by atoms with Crippen molar-refractivity contribution in [3.63, 3.8) is 0 Å². The summed E-state index contributed by atoms with van der Waals surface area (Å²) in [6.07, 6.45) is 7.08. The van der Waals surface area contributed by atoms with Crippen LogP contribution in [0, 0.1) is 0 Å². The van der Waals surface area contributed by atoms with Crippen molar-refractivity contribution in [2.75, 3.05) is 32.8 Å². The van der Waals surface area contributed by atoms with Crippen LogP contribution in [-0.4, -0.2) is 66.8 Å². The fraction of sp³-hybridized carbons (Fsp3) is 0.346. The molecule has 2 fully saturated rings. The largest absolute Gasteiger partial charge is 0.368 e. The average Bonchev–Trinajstić information content (AvgIpc) is 2.85. The van der Waals surface area contributed by atoms with Gasteiger partial charge in [0.1, 0.15) is 12.2 Å². The number of fused-ring (bicyclic) bond motifs is 1. The molecule has 5 nitrogen and oxygen atoms in total. The molecule has 31 heavy (non-hydrogen) atoms. The Morgan fingerprint density at radius 3 is 2.00 bits per heavy atom. The van der Waals surface area contributed by atoms with Gasteiger partial charge >= 0.3 is 0 Å². The molecule has 2 heterocycles. The lowest BCUT2D eigenvalue weighted by atomic mass is 9.96. The SMILES string of the molecule is O=C(C1COC2C=CC=CC2O1)N1CCN(C(c2ccccc2)c2ccccc2)CC1. The van der Waals surface area contributed by atoms with Gasteiger partial charge in [-0.05, 0) is 11.1 Å². The van der Waals surface area contributed by atoms with Crippen LogP contribution >= 0.6 is 0 Å². The van der Waals surface area contributed by atoms with Crippen LogP contribution in [0.15, 0.2) is 85.0 Å². The molecule has 0 radical (unpaired) electrons. The summed E-state index contributed by atoms with van der Waals surface area (Å²) in [5.74, 6) is 0.0389. The van der Waals surface area contributed by atoms with Crippen molar-refractivity contribution in [1.29, 1.82) is 0 Å². The molecule has 1 amide bonds. The van der Waals surface area contributed by atoms with Crippen molar-refractivity contribution in [2.45, 2.75) is 24.4 Å². The summed E-state index contributed by atoms with van der Waals surface area (Å²) in [5.41, 5.74) is 2.56. The van der Waals surface area contributed by atoms with E-state index in [9.17, 15) is 4.79 Å². The molecule has 2 aromatic rings. The van der Waals surface area contributed by atoms with Gasteiger partial charge in [0.15, 0.2) is 6.10 Å². The smallest absolute Gasteiger partial charge is 0.254 e. The normalized spacial score (nSPS) is 26.1. The number of carbonyl (C=O) groups excluding carboxylic acids is 1. The summed E-state index contributed by atoms with van der Waals surface area (Å²) in [7, 11) is 0. The maximum Gasteiger partial charge on any atom is 0.254 e. The van der Waals surface area contributed by atoms with Gasteiger partial charge < -0.3 is 14.4 Å². The fourth-order valence-corrected chi connectivity index (χ4v) is 4.69. The number of ether oxygens (including phenoxy) is 2. The van der Waals surface area contributed by atoms with Crippen LogP contribution in [0.25, 0.3) is 0 Å². The van der Waals surface area contributed by atoms with Crippen LogP contribution in [0.3, 0.4) is 0 Å². The minimum atomic E-state index is -0.525. The monoisotopic (exact) mass is 416 g/mol. The van der Waals surface area contributed by atoms with Crippen LogP contribution in [0.5, 0.6) is 0 Å². The molecule has 0 spiro atoms. The third-order valence-electron chi connectivity index (χ3n) is 6.30. The van der Waals surface area contributed by atoms with Crippen molar-refractivity contribution in [3.8, 4) is 0 Å². The first-order chi connectivity index (χ1) is 15.3. The van der Waals surface area contributed by atoms with Gasteiger partial charge in [-0.15, -0.1) is 0 Å². The number of hydrogen-bond acceptors (Lipinski definition) is 4.